The molecule has 6 heterocycles. The fourth-order valence-electron chi connectivity index (χ4n) is 14.5. The van der Waals surface area contributed by atoms with E-state index in [1.807, 2.05) is 127 Å². The number of anilines is 1. The standard InChI is InChI=1S/C30H29N3O3.C28H29N3O5.C26H29N3O2/c1-36-30(35)25(19-20-9-14-27-24(18-20)26(31)15-16-32-27)28-8-5-17-33(28)29(34)23-12-10-22(11-13-23)21-6-3-2-4-7-21;1-17(29)20-9-11-25(32)22(14-20)15-23(28(35)36-2)24-4-3-13-31(24)27(34)19-7-5-18(6-8-19)21-10-12-26(33)30-16-21;1-18(27)22-5-2-4-19(16-22)7-13-24-6-3-15-29(24)26(31)21-10-8-20(9-11-21)23-12-14-25(30)28-17-23/h2-4,6-7,9-16,18,25,28H,5,8,17,19H2,1H3,(H2,31,32);5-12,14,16,23-24,29,32H,3-4,13,15H2,1-2H3,(H,30,33);2,4-5,8-10,12,14,16-17,21,24,27H,3,6-7,11,13,15H2,1H3,(H,28,30). The predicted molar refractivity (Wildman–Crippen MR) is 402 cm³/mol. The smallest absolute Gasteiger partial charge is 0.311 e. The number of phenolic OH excluding ortho intramolecular Hbond substituents is 1. The number of esters is 2. The summed E-state index contributed by atoms with van der Waals surface area (Å²) in [6.45, 7) is 5.44. The van der Waals surface area contributed by atoms with E-state index in [9.17, 15) is 38.7 Å². The van der Waals surface area contributed by atoms with Crippen molar-refractivity contribution in [2.45, 2.75) is 103 Å². The number of hydrogen-bond acceptors (Lipinski definition) is 14. The van der Waals surface area contributed by atoms with Crippen LogP contribution in [0.2, 0.25) is 0 Å². The number of rotatable bonds is 19. The van der Waals surface area contributed by atoms with Crippen molar-refractivity contribution >= 4 is 63.2 Å². The van der Waals surface area contributed by atoms with Crippen molar-refractivity contribution in [2.75, 3.05) is 39.6 Å². The summed E-state index contributed by atoms with van der Waals surface area (Å²) < 4.78 is 10.3. The quantitative estimate of drug-likeness (QED) is 0.0326. The summed E-state index contributed by atoms with van der Waals surface area (Å²) in [6.07, 6.45) is 19.5. The van der Waals surface area contributed by atoms with Gasteiger partial charge in [0.15, 0.2) is 0 Å². The molecule has 13 rings (SSSR count). The minimum atomic E-state index is -0.658. The molecule has 6 atom stereocenters. The molecule has 0 saturated carbocycles. The number of nitrogen functional groups attached to an aromatic ring is 1. The zero-order valence-corrected chi connectivity index (χ0v) is 58.5. The van der Waals surface area contributed by atoms with Gasteiger partial charge in [0.05, 0.1) is 37.5 Å². The van der Waals surface area contributed by atoms with Crippen molar-refractivity contribution in [1.29, 1.82) is 10.8 Å². The number of phenols is 1. The molecule has 528 valence electrons. The molecule has 6 unspecified atom stereocenters. The predicted octanol–water partition coefficient (Wildman–Crippen LogP) is 13.2. The van der Waals surface area contributed by atoms with Gasteiger partial charge >= 0.3 is 11.9 Å². The molecule has 3 amide bonds. The molecule has 103 heavy (non-hydrogen) atoms. The van der Waals surface area contributed by atoms with Gasteiger partial charge in [-0.25, -0.2) is 0 Å². The van der Waals surface area contributed by atoms with Crippen LogP contribution in [0.25, 0.3) is 38.7 Å². The Morgan fingerprint density at radius 1 is 0.583 bits per heavy atom. The monoisotopic (exact) mass is 1380 g/mol. The van der Waals surface area contributed by atoms with Gasteiger partial charge in [-0.1, -0.05) is 97.1 Å². The van der Waals surface area contributed by atoms with Gasteiger partial charge in [0.1, 0.15) is 5.75 Å². The Hall–Kier alpha value is -11.6. The first-order chi connectivity index (χ1) is 49.8. The molecule has 19 nitrogen and oxygen atoms in total. The van der Waals surface area contributed by atoms with Gasteiger partial charge in [0.25, 0.3) is 11.8 Å². The van der Waals surface area contributed by atoms with E-state index < -0.39 is 17.8 Å². The fraction of sp³-hybridized carbons (Fsp3) is 0.286. The Kier molecular flexibility index (Phi) is 23.8. The van der Waals surface area contributed by atoms with Crippen LogP contribution >= 0.6 is 0 Å². The topological polar surface area (TPSA) is 286 Å². The van der Waals surface area contributed by atoms with E-state index in [-0.39, 0.29) is 71.0 Å². The van der Waals surface area contributed by atoms with Crippen molar-refractivity contribution in [2.24, 2.45) is 17.8 Å². The van der Waals surface area contributed by atoms with E-state index in [4.69, 9.17) is 26.0 Å². The lowest BCUT2D eigenvalue weighted by Gasteiger charge is -2.30. The number of aromatic nitrogens is 3. The van der Waals surface area contributed by atoms with Crippen molar-refractivity contribution in [1.82, 2.24) is 29.7 Å². The molecule has 3 aliphatic heterocycles. The Bertz CT molecular complexity index is 4730. The van der Waals surface area contributed by atoms with E-state index in [1.54, 1.807) is 66.8 Å². The highest BCUT2D eigenvalue weighted by molar-refractivity contribution is 5.98. The first kappa shape index (κ1) is 72.6. The van der Waals surface area contributed by atoms with Crippen LogP contribution in [0.4, 0.5) is 5.69 Å². The van der Waals surface area contributed by atoms with Gasteiger partial charge in [-0.15, -0.1) is 0 Å². The Morgan fingerprint density at radius 2 is 1.14 bits per heavy atom. The molecular formula is C84H87N9O10. The number of pyridine rings is 3. The number of likely N-dealkylation sites (tertiary alicyclic amines) is 3. The number of fused-ring (bicyclic) bond motifs is 1. The fourth-order valence-corrected chi connectivity index (χ4v) is 14.5. The van der Waals surface area contributed by atoms with E-state index >= 15 is 0 Å². The third kappa shape index (κ3) is 17.8. The Morgan fingerprint density at radius 3 is 1.72 bits per heavy atom. The number of hydrogen-bond donors (Lipinski definition) is 6. The average molecular weight is 1380 g/mol. The number of methoxy groups -OCH3 is 2. The zero-order valence-electron chi connectivity index (χ0n) is 58.5. The van der Waals surface area contributed by atoms with Gasteiger partial charge in [-0.3, -0.25) is 38.5 Å². The molecule has 4 aliphatic rings. The first-order valence-corrected chi connectivity index (χ1v) is 35.1. The van der Waals surface area contributed by atoms with Crippen LogP contribution in [0.15, 0.2) is 216 Å². The van der Waals surface area contributed by atoms with Crippen LogP contribution in [-0.4, -0.2) is 128 Å². The minimum absolute atomic E-state index is 0.0441. The number of benzene rings is 6. The Labute approximate surface area is 599 Å². The number of carbonyl (C=O) groups excluding carboxylic acids is 5. The number of aromatic amines is 2. The number of allylic oxidation sites excluding steroid dienone is 3. The van der Waals surface area contributed by atoms with Gasteiger partial charge in [0.2, 0.25) is 17.0 Å². The second kappa shape index (κ2) is 33.7. The van der Waals surface area contributed by atoms with Crippen molar-refractivity contribution in [3.8, 4) is 28.0 Å². The maximum Gasteiger partial charge on any atom is 0.311 e. The molecule has 0 bridgehead atoms. The summed E-state index contributed by atoms with van der Waals surface area (Å²) >= 11 is 0. The highest BCUT2D eigenvalue weighted by Gasteiger charge is 2.42. The van der Waals surface area contributed by atoms with Crippen molar-refractivity contribution in [3.05, 3.63) is 272 Å². The molecule has 3 fully saturated rings. The first-order valence-electron chi connectivity index (χ1n) is 35.1. The Balaban J connectivity index is 0.000000155. The zero-order chi connectivity index (χ0) is 72.7. The lowest BCUT2D eigenvalue weighted by molar-refractivity contribution is -0.148. The molecule has 3 aromatic heterocycles. The normalized spacial score (nSPS) is 17.4. The van der Waals surface area contributed by atoms with Crippen LogP contribution in [0, 0.1) is 28.6 Å². The third-order valence-corrected chi connectivity index (χ3v) is 20.1. The van der Waals surface area contributed by atoms with Gasteiger partial charge in [-0.05, 0) is 225 Å². The number of nitrogens with one attached hydrogen (secondary N) is 4. The number of nitrogens with two attached hydrogens (primary N) is 1. The van der Waals surface area contributed by atoms with E-state index in [1.165, 1.54) is 38.0 Å². The van der Waals surface area contributed by atoms with Gasteiger partial charge in [0, 0.05) is 102 Å². The third-order valence-electron chi connectivity index (χ3n) is 20.1. The molecule has 1 aliphatic carbocycles. The summed E-state index contributed by atoms with van der Waals surface area (Å²) in [7, 11) is 2.73. The minimum Gasteiger partial charge on any atom is -0.508 e. The molecule has 19 heteroatoms. The molecule has 3 saturated heterocycles. The average Bonchev–Trinajstić information content (AvgIpc) is 1.74. The lowest BCUT2D eigenvalue weighted by atomic mass is 9.89. The number of aryl methyl sites for hydroxylation is 1. The van der Waals surface area contributed by atoms with Crippen LogP contribution in [0.3, 0.4) is 0 Å². The summed E-state index contributed by atoms with van der Waals surface area (Å²) in [5.41, 5.74) is 19.6. The number of H-pyrrole nitrogens is 2. The summed E-state index contributed by atoms with van der Waals surface area (Å²) in [5.74, 6) is -1.96. The van der Waals surface area contributed by atoms with Crippen LogP contribution in [-0.2, 0) is 43.1 Å². The molecule has 0 radical (unpaired) electrons. The SMILES string of the molecule is CC(=N)c1cccc(CCC2CCCN2C(=O)C2C=CC(c3ccc(=O)[nH]c3)=CC2)c1.COC(=O)C(Cc1cc(C(C)=N)ccc1O)C1CCCN1C(=O)c1ccc(-c2ccc(=O)[nH]c2)cc1.COC(=O)C(Cc1ccc2nccc(N)c2c1)C1CCCN1C(=O)c1ccc(-c2ccccc2)cc1. The number of carbonyl (C=O) groups is 5. The largest absolute Gasteiger partial charge is 0.508 e. The lowest BCUT2D eigenvalue weighted by Crippen LogP contribution is -2.44. The summed E-state index contributed by atoms with van der Waals surface area (Å²) in [6, 6.07) is 51.8. The number of amides is 3. The molecule has 9 aromatic rings. The second-order valence-corrected chi connectivity index (χ2v) is 26.8. The molecule has 0 spiro atoms. The van der Waals surface area contributed by atoms with Crippen LogP contribution in [0.5, 0.6) is 5.75 Å². The second-order valence-electron chi connectivity index (χ2n) is 26.8. The number of nitrogens with zero attached hydrogens (tertiary/aromatic N) is 4. The summed E-state index contributed by atoms with van der Waals surface area (Å²) in [5, 5.41) is 27.0. The maximum absolute atomic E-state index is 13.5. The van der Waals surface area contributed by atoms with Crippen molar-refractivity contribution in [3.63, 3.8) is 0 Å². The molecule has 6 aromatic carbocycles. The van der Waals surface area contributed by atoms with E-state index in [0.717, 1.165) is 107 Å². The van der Waals surface area contributed by atoms with Gasteiger partial charge in [-0.2, -0.15) is 0 Å². The highest BCUT2D eigenvalue weighted by Crippen LogP contribution is 2.36. The summed E-state index contributed by atoms with van der Waals surface area (Å²) in [4.78, 5) is 104. The van der Waals surface area contributed by atoms with Gasteiger partial charge < -0.3 is 55.8 Å². The molecule has 7 N–H and O–H groups in total. The maximum atomic E-state index is 13.5. The van der Waals surface area contributed by atoms with Crippen LogP contribution < -0.4 is 16.9 Å². The van der Waals surface area contributed by atoms with E-state index in [0.29, 0.717) is 71.7 Å². The van der Waals surface area contributed by atoms with Crippen LogP contribution in [0.1, 0.15) is 119 Å². The van der Waals surface area contributed by atoms with Crippen molar-refractivity contribution < 1.29 is 38.6 Å². The number of ether oxygens (including phenoxy) is 2. The molecular weight excluding hydrogens is 1290 g/mol. The number of aromatic hydroxyl groups is 1. The van der Waals surface area contributed by atoms with E-state index in [2.05, 4.69) is 38.1 Å². The highest BCUT2D eigenvalue weighted by atomic mass is 16.5.